The number of carbonyl (C=O) groups excluding carboxylic acids is 2. The summed E-state index contributed by atoms with van der Waals surface area (Å²) in [4.78, 5) is 24.7. The number of nitrogens with two attached hydrogens (primary N) is 1. The molecule has 2 atom stereocenters. The van der Waals surface area contributed by atoms with Crippen LogP contribution in [-0.4, -0.2) is 46.8 Å². The molecule has 1 aliphatic heterocycles. The van der Waals surface area contributed by atoms with Crippen LogP contribution in [0.25, 0.3) is 0 Å². The minimum Gasteiger partial charge on any atom is -0.458 e. The van der Waals surface area contributed by atoms with E-state index in [0.29, 0.717) is 19.4 Å². The quantitative estimate of drug-likeness (QED) is 0.489. The minimum atomic E-state index is -1.07. The van der Waals surface area contributed by atoms with Crippen molar-refractivity contribution >= 4 is 28.7 Å². The Morgan fingerprint density at radius 2 is 1.86 bits per heavy atom. The SMILES string of the molecule is C[C@H](OCC(=O)OC(C)(C)C)C(=O)N1N=C(c2cc(F)ccc2F)S[C@@]1(CCCN)c1ccccc1. The second kappa shape index (κ2) is 11.5. The number of rotatable bonds is 9. The maximum atomic E-state index is 14.7. The maximum absolute atomic E-state index is 14.7. The number of carbonyl (C=O) groups is 2. The predicted octanol–water partition coefficient (Wildman–Crippen LogP) is 4.54. The lowest BCUT2D eigenvalue weighted by Gasteiger charge is -2.37. The number of halogens is 2. The molecule has 0 radical (unpaired) electrons. The standard InChI is InChI=1S/C26H31F2N3O4S/c1-17(34-16-22(32)35-25(2,3)4)24(33)31-26(13-8-14-29,18-9-6-5-7-10-18)36-23(30-31)20-15-19(27)11-12-21(20)28/h5-7,9-12,15,17H,8,13-14,16,29H2,1-4H3/t17-,26-/m0/s1. The number of thioether (sulfide) groups is 1. The molecule has 0 fully saturated rings. The van der Waals surface area contributed by atoms with E-state index in [1.165, 1.54) is 11.9 Å². The zero-order chi connectivity index (χ0) is 26.5. The number of amides is 1. The molecule has 0 spiro atoms. The molecule has 0 aromatic heterocycles. The van der Waals surface area contributed by atoms with Crippen molar-refractivity contribution in [3.8, 4) is 0 Å². The molecule has 0 saturated heterocycles. The summed E-state index contributed by atoms with van der Waals surface area (Å²) in [5.74, 6) is -2.44. The molecule has 0 aliphatic carbocycles. The Bertz CT molecular complexity index is 1120. The molecule has 0 saturated carbocycles. The van der Waals surface area contributed by atoms with Crippen molar-refractivity contribution in [1.29, 1.82) is 0 Å². The van der Waals surface area contributed by atoms with Crippen molar-refractivity contribution in [3.05, 3.63) is 71.3 Å². The second-order valence-electron chi connectivity index (χ2n) is 9.36. The lowest BCUT2D eigenvalue weighted by Crippen LogP contribution is -2.46. The van der Waals surface area contributed by atoms with Gasteiger partial charge in [-0.1, -0.05) is 42.1 Å². The topological polar surface area (TPSA) is 94.2 Å². The molecule has 2 N–H and O–H groups in total. The van der Waals surface area contributed by atoms with E-state index in [1.54, 1.807) is 20.8 Å². The third kappa shape index (κ3) is 6.48. The van der Waals surface area contributed by atoms with Crippen molar-refractivity contribution in [1.82, 2.24) is 5.01 Å². The minimum absolute atomic E-state index is 0.0503. The first-order valence-electron chi connectivity index (χ1n) is 11.6. The first-order chi connectivity index (χ1) is 17.0. The Morgan fingerprint density at radius 3 is 2.50 bits per heavy atom. The van der Waals surface area contributed by atoms with Gasteiger partial charge < -0.3 is 15.2 Å². The first kappa shape index (κ1) is 27.8. The van der Waals surface area contributed by atoms with Crippen molar-refractivity contribution < 1.29 is 27.8 Å². The van der Waals surface area contributed by atoms with Gasteiger partial charge in [0.05, 0.1) is 0 Å². The Labute approximate surface area is 214 Å². The molecule has 0 unspecified atom stereocenters. The van der Waals surface area contributed by atoms with Crippen LogP contribution >= 0.6 is 11.8 Å². The molecule has 7 nitrogen and oxygen atoms in total. The van der Waals surface area contributed by atoms with E-state index in [4.69, 9.17) is 15.2 Å². The lowest BCUT2D eigenvalue weighted by molar-refractivity contribution is -0.165. The first-order valence-corrected chi connectivity index (χ1v) is 12.4. The Hall–Kier alpha value is -2.82. The lowest BCUT2D eigenvalue weighted by atomic mass is 10.00. The average molecular weight is 520 g/mol. The van der Waals surface area contributed by atoms with Gasteiger partial charge in [0.2, 0.25) is 0 Å². The van der Waals surface area contributed by atoms with Crippen LogP contribution in [0.15, 0.2) is 53.6 Å². The van der Waals surface area contributed by atoms with E-state index in [0.717, 1.165) is 35.5 Å². The Kier molecular flexibility index (Phi) is 8.86. The van der Waals surface area contributed by atoms with Gasteiger partial charge >= 0.3 is 5.97 Å². The third-order valence-electron chi connectivity index (χ3n) is 5.33. The van der Waals surface area contributed by atoms with Crippen LogP contribution in [0.5, 0.6) is 0 Å². The number of nitrogens with zero attached hydrogens (tertiary/aromatic N) is 2. The molecule has 10 heteroatoms. The van der Waals surface area contributed by atoms with E-state index in [1.807, 2.05) is 30.3 Å². The second-order valence-corrected chi connectivity index (χ2v) is 10.6. The summed E-state index contributed by atoms with van der Waals surface area (Å²) in [6.45, 7) is 6.62. The fraction of sp³-hybridized carbons (Fsp3) is 0.423. The normalized spacial score (nSPS) is 18.6. The fourth-order valence-corrected chi connectivity index (χ4v) is 5.15. The molecule has 1 amide bonds. The van der Waals surface area contributed by atoms with Gasteiger partial charge in [-0.15, -0.1) is 0 Å². The highest BCUT2D eigenvalue weighted by molar-refractivity contribution is 8.15. The zero-order valence-electron chi connectivity index (χ0n) is 20.8. The number of ether oxygens (including phenoxy) is 2. The van der Waals surface area contributed by atoms with Crippen LogP contribution in [0.2, 0.25) is 0 Å². The molecular formula is C26H31F2N3O4S. The smallest absolute Gasteiger partial charge is 0.332 e. The molecule has 1 aliphatic rings. The van der Waals surface area contributed by atoms with Gasteiger partial charge in [0.1, 0.15) is 39.9 Å². The highest BCUT2D eigenvalue weighted by Crippen LogP contribution is 2.50. The summed E-state index contributed by atoms with van der Waals surface area (Å²) < 4.78 is 39.5. The van der Waals surface area contributed by atoms with Crippen LogP contribution in [-0.2, 0) is 23.9 Å². The van der Waals surface area contributed by atoms with E-state index in [-0.39, 0.29) is 10.6 Å². The van der Waals surface area contributed by atoms with Crippen LogP contribution in [0.3, 0.4) is 0 Å². The Morgan fingerprint density at radius 1 is 1.17 bits per heavy atom. The monoisotopic (exact) mass is 519 g/mol. The van der Waals surface area contributed by atoms with Crippen molar-refractivity contribution in [3.63, 3.8) is 0 Å². The summed E-state index contributed by atoms with van der Waals surface area (Å²) in [6, 6.07) is 12.3. The van der Waals surface area contributed by atoms with Gasteiger partial charge in [-0.3, -0.25) is 4.79 Å². The Balaban J connectivity index is 1.98. The molecule has 2 aromatic rings. The van der Waals surface area contributed by atoms with Crippen LogP contribution in [0, 0.1) is 11.6 Å². The summed E-state index contributed by atoms with van der Waals surface area (Å²) in [5.41, 5.74) is 5.81. The molecule has 0 bridgehead atoms. The molecular weight excluding hydrogens is 488 g/mol. The van der Waals surface area contributed by atoms with E-state index < -0.39 is 46.7 Å². The number of esters is 1. The summed E-state index contributed by atoms with van der Waals surface area (Å²) >= 11 is 1.16. The van der Waals surface area contributed by atoms with Gasteiger partial charge in [-0.2, -0.15) is 5.10 Å². The molecule has 194 valence electrons. The maximum Gasteiger partial charge on any atom is 0.332 e. The van der Waals surface area contributed by atoms with E-state index >= 15 is 0 Å². The third-order valence-corrected chi connectivity index (χ3v) is 6.78. The highest BCUT2D eigenvalue weighted by atomic mass is 32.2. The number of hydrazone groups is 1. The summed E-state index contributed by atoms with van der Waals surface area (Å²) in [7, 11) is 0. The average Bonchev–Trinajstić information content (AvgIpc) is 3.22. The van der Waals surface area contributed by atoms with Gasteiger partial charge in [-0.25, -0.2) is 18.6 Å². The number of hydrogen-bond donors (Lipinski definition) is 1. The molecule has 2 aromatic carbocycles. The molecule has 36 heavy (non-hydrogen) atoms. The number of benzene rings is 2. The molecule has 1 heterocycles. The van der Waals surface area contributed by atoms with E-state index in [2.05, 4.69) is 5.10 Å². The van der Waals surface area contributed by atoms with Crippen LogP contribution in [0.4, 0.5) is 8.78 Å². The highest BCUT2D eigenvalue weighted by Gasteiger charge is 2.49. The predicted molar refractivity (Wildman–Crippen MR) is 135 cm³/mol. The van der Waals surface area contributed by atoms with Crippen molar-refractivity contribution in [2.75, 3.05) is 13.2 Å². The van der Waals surface area contributed by atoms with Crippen molar-refractivity contribution in [2.45, 2.75) is 57.1 Å². The fourth-order valence-electron chi connectivity index (χ4n) is 3.72. The number of hydrogen-bond acceptors (Lipinski definition) is 7. The zero-order valence-corrected chi connectivity index (χ0v) is 21.6. The van der Waals surface area contributed by atoms with Gasteiger partial charge in [0.25, 0.3) is 5.91 Å². The van der Waals surface area contributed by atoms with Crippen molar-refractivity contribution in [2.24, 2.45) is 10.8 Å². The van der Waals surface area contributed by atoms with Crippen LogP contribution in [0.1, 0.15) is 51.7 Å². The largest absolute Gasteiger partial charge is 0.458 e. The van der Waals surface area contributed by atoms with Gasteiger partial charge in [-0.05, 0) is 70.8 Å². The van der Waals surface area contributed by atoms with E-state index in [9.17, 15) is 18.4 Å². The van der Waals surface area contributed by atoms with Gasteiger partial charge in [0.15, 0.2) is 0 Å². The molecule has 3 rings (SSSR count). The summed E-state index contributed by atoms with van der Waals surface area (Å²) in [6.07, 6.45) is -0.139. The summed E-state index contributed by atoms with van der Waals surface area (Å²) in [5, 5.41) is 5.88. The van der Waals surface area contributed by atoms with Gasteiger partial charge in [0, 0.05) is 5.56 Å². The van der Waals surface area contributed by atoms with Crippen LogP contribution < -0.4 is 5.73 Å².